The number of hydrogen-bond acceptors (Lipinski definition) is 4. The van der Waals surface area contributed by atoms with E-state index < -0.39 is 24.0 Å². The van der Waals surface area contributed by atoms with E-state index in [0.29, 0.717) is 19.5 Å². The van der Waals surface area contributed by atoms with Crippen molar-refractivity contribution in [2.24, 2.45) is 11.3 Å². The fraction of sp³-hybridized carbons (Fsp3) is 0.846. The number of fused-ring (bicyclic) bond motifs is 1. The van der Waals surface area contributed by atoms with Crippen LogP contribution in [0.5, 0.6) is 0 Å². The molecule has 1 aliphatic heterocycles. The third kappa shape index (κ3) is 3.48. The Bertz CT molecular complexity index is 427. The molecule has 120 valence electrons. The summed E-state index contributed by atoms with van der Waals surface area (Å²) < 4.78 is 41.0. The number of likely N-dealkylation sites (tertiary alicyclic amines) is 1. The van der Waals surface area contributed by atoms with Crippen molar-refractivity contribution in [1.82, 2.24) is 10.2 Å². The van der Waals surface area contributed by atoms with Gasteiger partial charge < -0.3 is 10.1 Å². The van der Waals surface area contributed by atoms with E-state index >= 15 is 0 Å². The minimum Gasteiger partial charge on any atom is -0.469 e. The highest BCUT2D eigenvalue weighted by Crippen LogP contribution is 2.49. The Morgan fingerprint density at radius 2 is 2.14 bits per heavy atom. The van der Waals surface area contributed by atoms with Crippen molar-refractivity contribution in [2.45, 2.75) is 25.4 Å². The lowest BCUT2D eigenvalue weighted by Crippen LogP contribution is -2.42. The largest absolute Gasteiger partial charge is 0.469 e. The average molecular weight is 308 g/mol. The Morgan fingerprint density at radius 1 is 1.43 bits per heavy atom. The van der Waals surface area contributed by atoms with E-state index in [1.165, 1.54) is 7.11 Å². The number of alkyl halides is 3. The predicted octanol–water partition coefficient (Wildman–Crippen LogP) is 0.940. The molecule has 1 heterocycles. The fourth-order valence-electron chi connectivity index (χ4n) is 3.51. The molecule has 0 spiro atoms. The summed E-state index contributed by atoms with van der Waals surface area (Å²) in [6.07, 6.45) is -1.88. The second-order valence-corrected chi connectivity index (χ2v) is 5.80. The van der Waals surface area contributed by atoms with Gasteiger partial charge in [0.1, 0.15) is 6.54 Å². The highest BCUT2D eigenvalue weighted by atomic mass is 19.4. The van der Waals surface area contributed by atoms with Crippen LogP contribution in [0.4, 0.5) is 13.2 Å². The van der Waals surface area contributed by atoms with E-state index in [9.17, 15) is 22.8 Å². The Kier molecular flexibility index (Phi) is 4.46. The minimum atomic E-state index is -4.41. The van der Waals surface area contributed by atoms with Crippen LogP contribution in [-0.4, -0.2) is 56.2 Å². The maximum absolute atomic E-state index is 12.0. The van der Waals surface area contributed by atoms with Gasteiger partial charge in [-0.15, -0.1) is 0 Å². The zero-order valence-electron chi connectivity index (χ0n) is 11.8. The van der Waals surface area contributed by atoms with Gasteiger partial charge in [0.15, 0.2) is 0 Å². The summed E-state index contributed by atoms with van der Waals surface area (Å²) >= 11 is 0. The molecule has 2 fully saturated rings. The first-order valence-corrected chi connectivity index (χ1v) is 6.91. The van der Waals surface area contributed by atoms with Gasteiger partial charge in [-0.25, -0.2) is 0 Å². The number of nitrogens with one attached hydrogen (secondary N) is 1. The lowest BCUT2D eigenvalue weighted by Gasteiger charge is -2.25. The summed E-state index contributed by atoms with van der Waals surface area (Å²) in [6, 6.07) is 0. The summed E-state index contributed by atoms with van der Waals surface area (Å²) in [6.45, 7) is -0.519. The number of methoxy groups -OCH3 is 1. The van der Waals surface area contributed by atoms with Crippen molar-refractivity contribution in [2.75, 3.05) is 33.3 Å². The van der Waals surface area contributed by atoms with Crippen molar-refractivity contribution in [3.05, 3.63) is 0 Å². The van der Waals surface area contributed by atoms with Crippen molar-refractivity contribution in [3.63, 3.8) is 0 Å². The van der Waals surface area contributed by atoms with E-state index in [0.717, 1.165) is 12.8 Å². The topological polar surface area (TPSA) is 58.6 Å². The molecule has 21 heavy (non-hydrogen) atoms. The van der Waals surface area contributed by atoms with Gasteiger partial charge in [-0.1, -0.05) is 6.42 Å². The fourth-order valence-corrected chi connectivity index (χ4v) is 3.51. The van der Waals surface area contributed by atoms with Gasteiger partial charge in [0.05, 0.1) is 19.1 Å². The zero-order valence-corrected chi connectivity index (χ0v) is 11.8. The number of nitrogens with zero attached hydrogens (tertiary/aromatic N) is 1. The van der Waals surface area contributed by atoms with Crippen LogP contribution in [0.25, 0.3) is 0 Å². The maximum Gasteiger partial charge on any atom is 0.405 e. The summed E-state index contributed by atoms with van der Waals surface area (Å²) in [7, 11) is 1.34. The lowest BCUT2D eigenvalue weighted by atomic mass is 9.81. The summed E-state index contributed by atoms with van der Waals surface area (Å²) in [4.78, 5) is 25.3. The summed E-state index contributed by atoms with van der Waals surface area (Å²) in [5.41, 5.74) is -0.584. The molecule has 2 rings (SSSR count). The van der Waals surface area contributed by atoms with E-state index in [-0.39, 0.29) is 18.4 Å². The Labute approximate surface area is 120 Å². The molecule has 0 aromatic carbocycles. The maximum atomic E-state index is 12.0. The molecule has 2 unspecified atom stereocenters. The molecule has 2 atom stereocenters. The molecule has 1 saturated heterocycles. The molecule has 0 aromatic rings. The van der Waals surface area contributed by atoms with Crippen LogP contribution in [0.15, 0.2) is 0 Å². The van der Waals surface area contributed by atoms with E-state index in [2.05, 4.69) is 0 Å². The van der Waals surface area contributed by atoms with Gasteiger partial charge >= 0.3 is 12.1 Å². The van der Waals surface area contributed by atoms with E-state index in [1.54, 1.807) is 4.90 Å². The summed E-state index contributed by atoms with van der Waals surface area (Å²) in [5.74, 6) is -0.823. The van der Waals surface area contributed by atoms with Crippen molar-refractivity contribution in [1.29, 1.82) is 0 Å². The van der Waals surface area contributed by atoms with Gasteiger partial charge in [0.2, 0.25) is 5.91 Å². The van der Waals surface area contributed by atoms with Crippen LogP contribution >= 0.6 is 0 Å². The number of carbonyl (C=O) groups is 2. The Morgan fingerprint density at radius 3 is 2.76 bits per heavy atom. The molecule has 0 aromatic heterocycles. The lowest BCUT2D eigenvalue weighted by molar-refractivity contribution is -0.153. The highest BCUT2D eigenvalue weighted by Gasteiger charge is 2.55. The third-order valence-electron chi connectivity index (χ3n) is 4.39. The molecule has 1 saturated carbocycles. The standard InChI is InChI=1S/C13H19F3N2O3/c1-21-11(20)12-4-2-3-9(12)5-18(8-12)6-10(19)17-7-13(14,15)16/h9H,2-8H2,1H3,(H,17,19). The minimum absolute atomic E-state index is 0.120. The number of hydrogen-bond donors (Lipinski definition) is 1. The van der Waals surface area contributed by atoms with Crippen LogP contribution < -0.4 is 5.32 Å². The van der Waals surface area contributed by atoms with Crippen LogP contribution in [0.2, 0.25) is 0 Å². The van der Waals surface area contributed by atoms with Gasteiger partial charge in [-0.05, 0) is 18.8 Å². The SMILES string of the molecule is COC(=O)C12CCCC1CN(CC(=O)NCC(F)(F)F)C2. The first-order chi connectivity index (χ1) is 9.77. The molecule has 1 amide bonds. The molecule has 1 N–H and O–H groups in total. The third-order valence-corrected chi connectivity index (χ3v) is 4.39. The average Bonchev–Trinajstić information content (AvgIpc) is 2.92. The van der Waals surface area contributed by atoms with Crippen LogP contribution in [0.1, 0.15) is 19.3 Å². The number of ether oxygens (including phenoxy) is 1. The molecule has 5 nitrogen and oxygen atoms in total. The van der Waals surface area contributed by atoms with Crippen molar-refractivity contribution >= 4 is 11.9 Å². The van der Waals surface area contributed by atoms with Crippen molar-refractivity contribution in [3.8, 4) is 0 Å². The van der Waals surface area contributed by atoms with Crippen molar-refractivity contribution < 1.29 is 27.5 Å². The molecule has 1 aliphatic carbocycles. The predicted molar refractivity (Wildman–Crippen MR) is 67.3 cm³/mol. The number of esters is 1. The van der Waals surface area contributed by atoms with Gasteiger partial charge in [0, 0.05) is 13.1 Å². The Hall–Kier alpha value is -1.31. The van der Waals surface area contributed by atoms with Crippen LogP contribution in [0.3, 0.4) is 0 Å². The zero-order chi connectivity index (χ0) is 15.7. The number of halogens is 3. The monoisotopic (exact) mass is 308 g/mol. The number of amides is 1. The second-order valence-electron chi connectivity index (χ2n) is 5.80. The molecule has 0 radical (unpaired) electrons. The molecule has 0 bridgehead atoms. The van der Waals surface area contributed by atoms with Gasteiger partial charge in [-0.3, -0.25) is 14.5 Å². The van der Waals surface area contributed by atoms with Crippen LogP contribution in [-0.2, 0) is 14.3 Å². The molecule has 8 heteroatoms. The first-order valence-electron chi connectivity index (χ1n) is 6.91. The molecular weight excluding hydrogens is 289 g/mol. The number of rotatable bonds is 4. The van der Waals surface area contributed by atoms with Crippen LogP contribution in [0, 0.1) is 11.3 Å². The second kappa shape index (κ2) is 5.82. The molecular formula is C13H19F3N2O3. The quantitative estimate of drug-likeness (QED) is 0.785. The van der Waals surface area contributed by atoms with Gasteiger partial charge in [0.25, 0.3) is 0 Å². The number of carbonyl (C=O) groups excluding carboxylic acids is 2. The summed E-state index contributed by atoms with van der Waals surface area (Å²) in [5, 5.41) is 1.85. The van der Waals surface area contributed by atoms with Gasteiger partial charge in [-0.2, -0.15) is 13.2 Å². The normalized spacial score (nSPS) is 29.2. The van der Waals surface area contributed by atoms with E-state index in [1.807, 2.05) is 5.32 Å². The van der Waals surface area contributed by atoms with E-state index in [4.69, 9.17) is 4.74 Å². The molecule has 2 aliphatic rings. The highest BCUT2D eigenvalue weighted by molar-refractivity contribution is 5.80. The smallest absolute Gasteiger partial charge is 0.405 e. The first kappa shape index (κ1) is 16.1. The Balaban J connectivity index is 1.90.